The summed E-state index contributed by atoms with van der Waals surface area (Å²) >= 11 is 0. The molecule has 1 heterocycles. The first-order chi connectivity index (χ1) is 9.86. The van der Waals surface area contributed by atoms with E-state index in [9.17, 15) is 13.2 Å². The summed E-state index contributed by atoms with van der Waals surface area (Å²) in [4.78, 5) is 13.5. The van der Waals surface area contributed by atoms with Crippen molar-refractivity contribution in [1.29, 1.82) is 0 Å². The molecule has 2 amide bonds. The van der Waals surface area contributed by atoms with Gasteiger partial charge < -0.3 is 10.2 Å². The van der Waals surface area contributed by atoms with E-state index < -0.39 is 10.0 Å². The van der Waals surface area contributed by atoms with Crippen molar-refractivity contribution in [3.63, 3.8) is 0 Å². The van der Waals surface area contributed by atoms with Crippen LogP contribution in [-0.4, -0.2) is 56.9 Å². The number of hydrogen-bond acceptors (Lipinski definition) is 3. The van der Waals surface area contributed by atoms with Gasteiger partial charge in [-0.2, -0.15) is 4.31 Å². The number of carbonyl (C=O) groups excluding carboxylic acids is 1. The Labute approximate surface area is 125 Å². The summed E-state index contributed by atoms with van der Waals surface area (Å²) in [6.45, 7) is 5.20. The van der Waals surface area contributed by atoms with Gasteiger partial charge in [-0.1, -0.05) is 17.7 Å². The number of urea groups is 1. The monoisotopic (exact) mass is 311 g/mol. The van der Waals surface area contributed by atoms with Gasteiger partial charge in [-0.15, -0.1) is 0 Å². The van der Waals surface area contributed by atoms with E-state index in [-0.39, 0.29) is 6.03 Å². The zero-order valence-electron chi connectivity index (χ0n) is 12.6. The minimum Gasteiger partial charge on any atom is -0.341 e. The highest BCUT2D eigenvalue weighted by Crippen LogP contribution is 2.22. The van der Waals surface area contributed by atoms with Gasteiger partial charge >= 0.3 is 6.03 Å². The van der Waals surface area contributed by atoms with Crippen LogP contribution in [0.2, 0.25) is 0 Å². The Bertz CT molecular complexity index is 635. The van der Waals surface area contributed by atoms with Gasteiger partial charge in [0.05, 0.1) is 4.90 Å². The van der Waals surface area contributed by atoms with Crippen molar-refractivity contribution < 1.29 is 13.2 Å². The van der Waals surface area contributed by atoms with Crippen LogP contribution in [0.1, 0.15) is 11.1 Å². The van der Waals surface area contributed by atoms with Crippen LogP contribution in [0.15, 0.2) is 23.1 Å². The van der Waals surface area contributed by atoms with Crippen molar-refractivity contribution in [3.05, 3.63) is 29.3 Å². The number of aryl methyl sites for hydroxylation is 2. The van der Waals surface area contributed by atoms with Gasteiger partial charge in [0.2, 0.25) is 10.0 Å². The molecule has 1 aromatic carbocycles. The summed E-state index contributed by atoms with van der Waals surface area (Å²) < 4.78 is 26.8. The van der Waals surface area contributed by atoms with Gasteiger partial charge in [0.1, 0.15) is 0 Å². The fourth-order valence-corrected chi connectivity index (χ4v) is 4.15. The van der Waals surface area contributed by atoms with Crippen LogP contribution in [-0.2, 0) is 10.0 Å². The number of sulfonamides is 1. The smallest absolute Gasteiger partial charge is 0.317 e. The topological polar surface area (TPSA) is 69.7 Å². The van der Waals surface area contributed by atoms with E-state index in [0.29, 0.717) is 31.1 Å². The molecule has 1 aliphatic rings. The van der Waals surface area contributed by atoms with Crippen LogP contribution < -0.4 is 5.32 Å². The van der Waals surface area contributed by atoms with Crippen molar-refractivity contribution >= 4 is 16.1 Å². The third-order valence-corrected chi connectivity index (χ3v) is 5.75. The Kier molecular flexibility index (Phi) is 4.53. The first-order valence-corrected chi connectivity index (χ1v) is 8.34. The molecule has 116 valence electrons. The second kappa shape index (κ2) is 6.03. The van der Waals surface area contributed by atoms with Gasteiger partial charge in [-0.05, 0) is 25.5 Å². The third-order valence-electron chi connectivity index (χ3n) is 3.69. The lowest BCUT2D eigenvalue weighted by Gasteiger charge is -2.33. The molecule has 0 aromatic heterocycles. The average molecular weight is 311 g/mol. The first-order valence-electron chi connectivity index (χ1n) is 6.90. The highest BCUT2D eigenvalue weighted by atomic mass is 32.2. The quantitative estimate of drug-likeness (QED) is 0.884. The van der Waals surface area contributed by atoms with E-state index in [1.807, 2.05) is 13.0 Å². The largest absolute Gasteiger partial charge is 0.341 e. The number of amides is 2. The Hall–Kier alpha value is -1.60. The molecule has 1 N–H and O–H groups in total. The fraction of sp³-hybridized carbons (Fsp3) is 0.500. The number of rotatable bonds is 2. The zero-order chi connectivity index (χ0) is 15.6. The second-order valence-electron chi connectivity index (χ2n) is 5.22. The summed E-state index contributed by atoms with van der Waals surface area (Å²) in [6.07, 6.45) is 0. The fourth-order valence-electron chi connectivity index (χ4n) is 2.52. The molecule has 0 atom stereocenters. The van der Waals surface area contributed by atoms with E-state index in [2.05, 4.69) is 5.32 Å². The summed E-state index contributed by atoms with van der Waals surface area (Å²) in [7, 11) is -1.92. The SMILES string of the molecule is CNC(=O)N1CCN(S(=O)(=O)c2ccc(C)cc2C)CC1. The molecule has 0 unspecified atom stereocenters. The van der Waals surface area contributed by atoms with Crippen molar-refractivity contribution in [3.8, 4) is 0 Å². The molecule has 1 fully saturated rings. The highest BCUT2D eigenvalue weighted by molar-refractivity contribution is 7.89. The van der Waals surface area contributed by atoms with Crippen LogP contribution in [0.5, 0.6) is 0 Å². The maximum atomic E-state index is 12.7. The molecule has 6 nitrogen and oxygen atoms in total. The summed E-state index contributed by atoms with van der Waals surface area (Å²) in [5.74, 6) is 0. The van der Waals surface area contributed by atoms with Crippen molar-refractivity contribution in [2.45, 2.75) is 18.7 Å². The molecule has 1 aromatic rings. The number of nitrogens with one attached hydrogen (secondary N) is 1. The van der Waals surface area contributed by atoms with E-state index in [4.69, 9.17) is 0 Å². The third kappa shape index (κ3) is 3.19. The van der Waals surface area contributed by atoms with Gasteiger partial charge in [0.25, 0.3) is 0 Å². The summed E-state index contributed by atoms with van der Waals surface area (Å²) in [6, 6.07) is 5.16. The summed E-state index contributed by atoms with van der Waals surface area (Å²) in [5.41, 5.74) is 1.79. The minimum atomic E-state index is -3.49. The lowest BCUT2D eigenvalue weighted by atomic mass is 10.2. The molecule has 0 saturated carbocycles. The second-order valence-corrected chi connectivity index (χ2v) is 7.12. The van der Waals surface area contributed by atoms with Crippen molar-refractivity contribution in [2.24, 2.45) is 0 Å². The lowest BCUT2D eigenvalue weighted by molar-refractivity contribution is 0.174. The number of piperazine rings is 1. The normalized spacial score (nSPS) is 16.8. The standard InChI is InChI=1S/C14H21N3O3S/c1-11-4-5-13(12(2)10-11)21(19,20)17-8-6-16(7-9-17)14(18)15-3/h4-5,10H,6-9H2,1-3H3,(H,15,18). The van der Waals surface area contributed by atoms with E-state index in [1.54, 1.807) is 31.0 Å². The van der Waals surface area contributed by atoms with E-state index in [0.717, 1.165) is 11.1 Å². The zero-order valence-corrected chi connectivity index (χ0v) is 13.4. The molecule has 21 heavy (non-hydrogen) atoms. The van der Waals surface area contributed by atoms with Gasteiger partial charge in [-0.25, -0.2) is 13.2 Å². The summed E-state index contributed by atoms with van der Waals surface area (Å²) in [5, 5.41) is 2.55. The van der Waals surface area contributed by atoms with Gasteiger partial charge in [0, 0.05) is 33.2 Å². The maximum absolute atomic E-state index is 12.7. The molecule has 0 aliphatic carbocycles. The van der Waals surface area contributed by atoms with Crippen LogP contribution in [0.4, 0.5) is 4.79 Å². The number of nitrogens with zero attached hydrogens (tertiary/aromatic N) is 2. The predicted octanol–water partition coefficient (Wildman–Crippen LogP) is 0.949. The van der Waals surface area contributed by atoms with Crippen LogP contribution in [0.25, 0.3) is 0 Å². The average Bonchev–Trinajstić information content (AvgIpc) is 2.46. The van der Waals surface area contributed by atoms with Gasteiger partial charge in [0.15, 0.2) is 0 Å². The Morgan fingerprint density at radius 1 is 1.14 bits per heavy atom. The molecule has 2 rings (SSSR count). The minimum absolute atomic E-state index is 0.168. The molecule has 0 spiro atoms. The molecule has 0 bridgehead atoms. The van der Waals surface area contributed by atoms with Crippen LogP contribution in [0.3, 0.4) is 0 Å². The molecular weight excluding hydrogens is 290 g/mol. The Balaban J connectivity index is 2.17. The first kappa shape index (κ1) is 15.8. The van der Waals surface area contributed by atoms with E-state index in [1.165, 1.54) is 4.31 Å². The lowest BCUT2D eigenvalue weighted by Crippen LogP contribution is -2.52. The molecule has 7 heteroatoms. The molecular formula is C14H21N3O3S. The molecule has 1 aliphatic heterocycles. The van der Waals surface area contributed by atoms with Crippen molar-refractivity contribution in [2.75, 3.05) is 33.2 Å². The number of benzene rings is 1. The number of carbonyl (C=O) groups is 1. The van der Waals surface area contributed by atoms with Gasteiger partial charge in [-0.3, -0.25) is 0 Å². The highest BCUT2D eigenvalue weighted by Gasteiger charge is 2.30. The van der Waals surface area contributed by atoms with E-state index >= 15 is 0 Å². The Morgan fingerprint density at radius 3 is 2.29 bits per heavy atom. The maximum Gasteiger partial charge on any atom is 0.317 e. The molecule has 1 saturated heterocycles. The van der Waals surface area contributed by atoms with Crippen LogP contribution >= 0.6 is 0 Å². The Morgan fingerprint density at radius 2 is 1.76 bits per heavy atom. The van der Waals surface area contributed by atoms with Crippen LogP contribution in [0, 0.1) is 13.8 Å². The molecule has 0 radical (unpaired) electrons. The van der Waals surface area contributed by atoms with Crippen molar-refractivity contribution in [1.82, 2.24) is 14.5 Å². The predicted molar refractivity (Wildman–Crippen MR) is 80.7 cm³/mol. The number of hydrogen-bond donors (Lipinski definition) is 1.